The van der Waals surface area contributed by atoms with E-state index >= 15 is 0 Å². The molecule has 160 valence electrons. The Bertz CT molecular complexity index is 1580. The molecular formula is C21H15ClN6O3S. The molecule has 0 aliphatic carbocycles. The maximum absolute atomic E-state index is 11.6. The van der Waals surface area contributed by atoms with Gasteiger partial charge in [0.05, 0.1) is 16.8 Å². The Labute approximate surface area is 187 Å². The first-order chi connectivity index (χ1) is 15.3. The number of nitrogens with two attached hydrogens (primary N) is 1. The van der Waals surface area contributed by atoms with Gasteiger partial charge in [-0.1, -0.05) is 41.0 Å². The second-order valence-corrected chi connectivity index (χ2v) is 9.08. The molecule has 32 heavy (non-hydrogen) atoms. The van der Waals surface area contributed by atoms with Crippen LogP contribution in [0.15, 0.2) is 70.2 Å². The van der Waals surface area contributed by atoms with Gasteiger partial charge in [-0.15, -0.1) is 0 Å². The maximum atomic E-state index is 11.6. The molecule has 0 aliphatic heterocycles. The van der Waals surface area contributed by atoms with Crippen molar-refractivity contribution in [3.05, 3.63) is 71.5 Å². The van der Waals surface area contributed by atoms with Crippen molar-refractivity contribution in [2.24, 2.45) is 5.14 Å². The molecular weight excluding hydrogens is 452 g/mol. The molecule has 5 aromatic rings. The van der Waals surface area contributed by atoms with Gasteiger partial charge in [0, 0.05) is 21.8 Å². The molecule has 3 aromatic heterocycles. The Balaban J connectivity index is 1.59. The van der Waals surface area contributed by atoms with Crippen LogP contribution in [0.2, 0.25) is 5.02 Å². The minimum atomic E-state index is -3.85. The van der Waals surface area contributed by atoms with Gasteiger partial charge in [0.15, 0.2) is 5.65 Å². The fourth-order valence-corrected chi connectivity index (χ4v) is 3.98. The van der Waals surface area contributed by atoms with Gasteiger partial charge in [-0.05, 0) is 37.3 Å². The summed E-state index contributed by atoms with van der Waals surface area (Å²) >= 11 is 6.00. The molecule has 0 saturated carbocycles. The molecule has 0 bridgehead atoms. The SMILES string of the molecule is Cc1cc(-c2ccc(Cl)cc2)nc2c(-c3nc(-c4cccc(S(N)(=O)=O)c4)no3)cnn12. The van der Waals surface area contributed by atoms with Crippen LogP contribution in [0.1, 0.15) is 5.69 Å². The first kappa shape index (κ1) is 20.3. The average molecular weight is 467 g/mol. The lowest BCUT2D eigenvalue weighted by Crippen LogP contribution is -2.11. The molecule has 2 N–H and O–H groups in total. The van der Waals surface area contributed by atoms with E-state index in [1.807, 2.05) is 25.1 Å². The molecule has 0 aliphatic rings. The van der Waals surface area contributed by atoms with Crippen LogP contribution in [0, 0.1) is 6.92 Å². The summed E-state index contributed by atoms with van der Waals surface area (Å²) in [4.78, 5) is 9.11. The third-order valence-electron chi connectivity index (χ3n) is 4.87. The number of halogens is 1. The Morgan fingerprint density at radius 1 is 1.03 bits per heavy atom. The Morgan fingerprint density at radius 3 is 2.56 bits per heavy atom. The Kier molecular flexibility index (Phi) is 4.77. The number of sulfonamides is 1. The van der Waals surface area contributed by atoms with Crippen molar-refractivity contribution in [2.75, 3.05) is 0 Å². The number of hydrogen-bond donors (Lipinski definition) is 1. The number of fused-ring (bicyclic) bond motifs is 1. The molecule has 0 spiro atoms. The van der Waals surface area contributed by atoms with E-state index in [4.69, 9.17) is 26.2 Å². The topological polar surface area (TPSA) is 129 Å². The predicted molar refractivity (Wildman–Crippen MR) is 118 cm³/mol. The summed E-state index contributed by atoms with van der Waals surface area (Å²) < 4.78 is 30.4. The van der Waals surface area contributed by atoms with E-state index < -0.39 is 10.0 Å². The van der Waals surface area contributed by atoms with Crippen molar-refractivity contribution >= 4 is 27.3 Å². The highest BCUT2D eigenvalue weighted by Gasteiger charge is 2.19. The highest BCUT2D eigenvalue weighted by Crippen LogP contribution is 2.28. The van der Waals surface area contributed by atoms with Gasteiger partial charge in [0.25, 0.3) is 5.89 Å². The van der Waals surface area contributed by atoms with E-state index in [0.29, 0.717) is 21.8 Å². The fourth-order valence-electron chi connectivity index (χ4n) is 3.29. The summed E-state index contributed by atoms with van der Waals surface area (Å²) in [7, 11) is -3.85. The van der Waals surface area contributed by atoms with Crippen molar-refractivity contribution in [3.63, 3.8) is 0 Å². The largest absolute Gasteiger partial charge is 0.333 e. The molecule has 0 atom stereocenters. The highest BCUT2D eigenvalue weighted by atomic mass is 35.5. The number of rotatable bonds is 4. The molecule has 2 aromatic carbocycles. The predicted octanol–water partition coefficient (Wildman–Crippen LogP) is 3.72. The summed E-state index contributed by atoms with van der Waals surface area (Å²) in [6.45, 7) is 1.92. The smallest absolute Gasteiger partial charge is 0.263 e. The van der Waals surface area contributed by atoms with E-state index in [2.05, 4.69) is 15.2 Å². The van der Waals surface area contributed by atoms with Crippen LogP contribution in [-0.2, 0) is 10.0 Å². The quantitative estimate of drug-likeness (QED) is 0.427. The molecule has 11 heteroatoms. The summed E-state index contributed by atoms with van der Waals surface area (Å²) in [5.41, 5.74) is 4.06. The van der Waals surface area contributed by atoms with Crippen molar-refractivity contribution in [3.8, 4) is 34.1 Å². The zero-order valence-corrected chi connectivity index (χ0v) is 18.2. The minimum Gasteiger partial charge on any atom is -0.333 e. The monoisotopic (exact) mass is 466 g/mol. The van der Waals surface area contributed by atoms with Crippen molar-refractivity contribution in [2.45, 2.75) is 11.8 Å². The molecule has 0 amide bonds. The molecule has 5 rings (SSSR count). The first-order valence-corrected chi connectivity index (χ1v) is 11.3. The van der Waals surface area contributed by atoms with Gasteiger partial charge in [-0.2, -0.15) is 10.1 Å². The van der Waals surface area contributed by atoms with E-state index in [0.717, 1.165) is 17.0 Å². The van der Waals surface area contributed by atoms with Gasteiger partial charge in [0.2, 0.25) is 15.8 Å². The average Bonchev–Trinajstić information content (AvgIpc) is 3.41. The van der Waals surface area contributed by atoms with E-state index in [1.165, 1.54) is 12.1 Å². The van der Waals surface area contributed by atoms with Crippen molar-refractivity contribution in [1.82, 2.24) is 24.7 Å². The van der Waals surface area contributed by atoms with Gasteiger partial charge in [-0.25, -0.2) is 23.1 Å². The number of aryl methyl sites for hydroxylation is 1. The van der Waals surface area contributed by atoms with Crippen LogP contribution in [-0.4, -0.2) is 33.2 Å². The summed E-state index contributed by atoms with van der Waals surface area (Å²) in [5.74, 6) is 0.423. The molecule has 0 unspecified atom stereocenters. The van der Waals surface area contributed by atoms with Crippen LogP contribution in [0.3, 0.4) is 0 Å². The normalized spacial score (nSPS) is 11.8. The van der Waals surface area contributed by atoms with Crippen LogP contribution >= 0.6 is 11.6 Å². The van der Waals surface area contributed by atoms with Crippen LogP contribution in [0.25, 0.3) is 39.7 Å². The standard InChI is InChI=1S/C21H15ClN6O3S/c1-12-9-18(13-5-7-15(22)8-6-13)25-20-17(11-24-28(12)20)21-26-19(27-31-21)14-3-2-4-16(10-14)32(23,29)30/h2-11H,1H3,(H2,23,29,30). The number of benzene rings is 2. The lowest BCUT2D eigenvalue weighted by molar-refractivity contribution is 0.432. The minimum absolute atomic E-state index is 0.0396. The van der Waals surface area contributed by atoms with Gasteiger partial charge < -0.3 is 4.52 Å². The lowest BCUT2D eigenvalue weighted by atomic mass is 10.1. The Hall–Kier alpha value is -3.60. The summed E-state index contributed by atoms with van der Waals surface area (Å²) in [5, 5.41) is 14.2. The molecule has 0 radical (unpaired) electrons. The first-order valence-electron chi connectivity index (χ1n) is 9.38. The molecule has 0 fully saturated rings. The van der Waals surface area contributed by atoms with E-state index in [9.17, 15) is 8.42 Å². The number of aromatic nitrogens is 5. The fraction of sp³-hybridized carbons (Fsp3) is 0.0476. The maximum Gasteiger partial charge on any atom is 0.263 e. The van der Waals surface area contributed by atoms with Crippen LogP contribution in [0.4, 0.5) is 0 Å². The highest BCUT2D eigenvalue weighted by molar-refractivity contribution is 7.89. The van der Waals surface area contributed by atoms with Crippen LogP contribution in [0.5, 0.6) is 0 Å². The van der Waals surface area contributed by atoms with Crippen molar-refractivity contribution in [1.29, 1.82) is 0 Å². The third kappa shape index (κ3) is 3.64. The molecule has 0 saturated heterocycles. The van der Waals surface area contributed by atoms with Gasteiger partial charge in [-0.3, -0.25) is 0 Å². The number of primary sulfonamides is 1. The van der Waals surface area contributed by atoms with E-state index in [-0.39, 0.29) is 16.6 Å². The molecule has 9 nitrogen and oxygen atoms in total. The second kappa shape index (κ2) is 7.52. The molecule has 3 heterocycles. The van der Waals surface area contributed by atoms with E-state index in [1.54, 1.807) is 35.0 Å². The zero-order valence-electron chi connectivity index (χ0n) is 16.6. The second-order valence-electron chi connectivity index (χ2n) is 7.08. The third-order valence-corrected chi connectivity index (χ3v) is 6.03. The van der Waals surface area contributed by atoms with Gasteiger partial charge >= 0.3 is 0 Å². The number of hydrogen-bond acceptors (Lipinski definition) is 7. The van der Waals surface area contributed by atoms with Crippen LogP contribution < -0.4 is 5.14 Å². The lowest BCUT2D eigenvalue weighted by Gasteiger charge is -2.05. The summed E-state index contributed by atoms with van der Waals surface area (Å²) in [6.07, 6.45) is 1.60. The van der Waals surface area contributed by atoms with Crippen molar-refractivity contribution < 1.29 is 12.9 Å². The zero-order chi connectivity index (χ0) is 22.5. The van der Waals surface area contributed by atoms with Gasteiger partial charge in [0.1, 0.15) is 5.56 Å². The Morgan fingerprint density at radius 2 is 1.81 bits per heavy atom. The number of nitrogens with zero attached hydrogens (tertiary/aromatic N) is 5. The summed E-state index contributed by atoms with van der Waals surface area (Å²) in [6, 6.07) is 15.3.